The van der Waals surface area contributed by atoms with Crippen molar-refractivity contribution in [2.45, 2.75) is 25.9 Å². The fourth-order valence-corrected chi connectivity index (χ4v) is 3.94. The molecule has 0 saturated carbocycles. The number of carbonyl (C=O) groups is 1. The summed E-state index contributed by atoms with van der Waals surface area (Å²) in [5.74, 6) is 0.0530. The van der Waals surface area contributed by atoms with Crippen LogP contribution in [-0.4, -0.2) is 23.9 Å². The molecule has 138 valence electrons. The number of nitrogens with zero attached hydrogens (tertiary/aromatic N) is 1. The minimum absolute atomic E-state index is 0.0164. The van der Waals surface area contributed by atoms with Crippen LogP contribution < -0.4 is 5.32 Å². The topological polar surface area (TPSA) is 32.3 Å². The molecule has 0 aliphatic carbocycles. The highest BCUT2D eigenvalue weighted by Crippen LogP contribution is 2.23. The molecule has 26 heavy (non-hydrogen) atoms. The molecule has 1 atom stereocenters. The maximum Gasteiger partial charge on any atom is 0.224 e. The molecule has 1 amide bonds. The molecule has 0 aromatic heterocycles. The predicted octanol–water partition coefficient (Wildman–Crippen LogP) is 5.18. The Bertz CT molecular complexity index is 781. The first-order valence-electron chi connectivity index (χ1n) is 8.70. The number of hydrogen-bond donors (Lipinski definition) is 1. The van der Waals surface area contributed by atoms with Gasteiger partial charge in [0.15, 0.2) is 0 Å². The van der Waals surface area contributed by atoms with E-state index < -0.39 is 0 Å². The van der Waals surface area contributed by atoms with Gasteiger partial charge in [0.25, 0.3) is 0 Å². The number of hydrogen-bond acceptors (Lipinski definition) is 2. The van der Waals surface area contributed by atoms with E-state index in [1.807, 2.05) is 30.3 Å². The molecule has 2 aromatic rings. The number of carbonyl (C=O) groups excluding carboxylic acids is 1. The Balaban J connectivity index is 1.55. The molecule has 2 aromatic carbocycles. The van der Waals surface area contributed by atoms with Gasteiger partial charge in [-0.1, -0.05) is 59.1 Å². The van der Waals surface area contributed by atoms with Gasteiger partial charge in [-0.2, -0.15) is 0 Å². The Morgan fingerprint density at radius 2 is 1.88 bits per heavy atom. The van der Waals surface area contributed by atoms with Crippen LogP contribution in [0.2, 0.25) is 15.1 Å². The van der Waals surface area contributed by atoms with Gasteiger partial charge in [-0.15, -0.1) is 0 Å². The van der Waals surface area contributed by atoms with Gasteiger partial charge < -0.3 is 5.32 Å². The summed E-state index contributed by atoms with van der Waals surface area (Å²) in [7, 11) is 0. The number of amides is 1. The second kappa shape index (κ2) is 9.09. The molecule has 0 bridgehead atoms. The molecule has 1 unspecified atom stereocenters. The first kappa shape index (κ1) is 19.5. The number of likely N-dealkylation sites (tertiary alicyclic amines) is 1. The molecule has 0 spiro atoms. The van der Waals surface area contributed by atoms with Crippen LogP contribution in [0, 0.1) is 5.92 Å². The van der Waals surface area contributed by atoms with E-state index >= 15 is 0 Å². The molecule has 3 rings (SSSR count). The van der Waals surface area contributed by atoms with Crippen LogP contribution in [0.15, 0.2) is 42.5 Å². The third-order valence-electron chi connectivity index (χ3n) is 4.70. The zero-order chi connectivity index (χ0) is 18.5. The maximum atomic E-state index is 12.6. The molecule has 1 heterocycles. The quantitative estimate of drug-likeness (QED) is 0.735. The smallest absolute Gasteiger partial charge is 0.224 e. The SMILES string of the molecule is O=C(NCc1ccc(Cl)cc1Cl)C1CCCN(Cc2ccccc2Cl)C1. The Morgan fingerprint density at radius 1 is 1.08 bits per heavy atom. The summed E-state index contributed by atoms with van der Waals surface area (Å²) in [5.41, 5.74) is 1.97. The summed E-state index contributed by atoms with van der Waals surface area (Å²) < 4.78 is 0. The lowest BCUT2D eigenvalue weighted by atomic mass is 9.96. The monoisotopic (exact) mass is 410 g/mol. The van der Waals surface area contributed by atoms with E-state index in [9.17, 15) is 4.79 Å². The summed E-state index contributed by atoms with van der Waals surface area (Å²) in [5, 5.41) is 4.94. The van der Waals surface area contributed by atoms with Crippen LogP contribution >= 0.6 is 34.8 Å². The zero-order valence-electron chi connectivity index (χ0n) is 14.4. The van der Waals surface area contributed by atoms with Gasteiger partial charge in [0.05, 0.1) is 5.92 Å². The molecule has 6 heteroatoms. The second-order valence-corrected chi connectivity index (χ2v) is 7.87. The van der Waals surface area contributed by atoms with Gasteiger partial charge in [-0.05, 0) is 48.7 Å². The van der Waals surface area contributed by atoms with Crippen LogP contribution in [-0.2, 0) is 17.9 Å². The van der Waals surface area contributed by atoms with Gasteiger partial charge >= 0.3 is 0 Å². The fourth-order valence-electron chi connectivity index (χ4n) is 3.27. The van der Waals surface area contributed by atoms with Crippen molar-refractivity contribution >= 4 is 40.7 Å². The molecular weight excluding hydrogens is 391 g/mol. The average Bonchev–Trinajstić information content (AvgIpc) is 2.63. The van der Waals surface area contributed by atoms with Crippen molar-refractivity contribution in [1.29, 1.82) is 0 Å². The third-order valence-corrected chi connectivity index (χ3v) is 5.65. The Hall–Kier alpha value is -1.26. The van der Waals surface area contributed by atoms with E-state index in [0.29, 0.717) is 16.6 Å². The molecule has 3 nitrogen and oxygen atoms in total. The van der Waals surface area contributed by atoms with E-state index in [-0.39, 0.29) is 11.8 Å². The highest BCUT2D eigenvalue weighted by atomic mass is 35.5. The van der Waals surface area contributed by atoms with Gasteiger partial charge in [-0.25, -0.2) is 0 Å². The number of rotatable bonds is 5. The minimum atomic E-state index is -0.0164. The second-order valence-electron chi connectivity index (χ2n) is 6.62. The van der Waals surface area contributed by atoms with Crippen LogP contribution in [0.4, 0.5) is 0 Å². The van der Waals surface area contributed by atoms with E-state index in [4.69, 9.17) is 34.8 Å². The summed E-state index contributed by atoms with van der Waals surface area (Å²) >= 11 is 18.3. The van der Waals surface area contributed by atoms with Crippen LogP contribution in [0.25, 0.3) is 0 Å². The van der Waals surface area contributed by atoms with Gasteiger partial charge in [0.1, 0.15) is 0 Å². The van der Waals surface area contributed by atoms with Crippen molar-refractivity contribution in [2.75, 3.05) is 13.1 Å². The van der Waals surface area contributed by atoms with E-state index in [0.717, 1.165) is 48.6 Å². The number of benzene rings is 2. The Kier molecular flexibility index (Phi) is 6.82. The van der Waals surface area contributed by atoms with Gasteiger partial charge in [-0.3, -0.25) is 9.69 Å². The van der Waals surface area contributed by atoms with Crippen molar-refractivity contribution in [3.8, 4) is 0 Å². The van der Waals surface area contributed by atoms with Crippen LogP contribution in [0.3, 0.4) is 0 Å². The third kappa shape index (κ3) is 5.14. The van der Waals surface area contributed by atoms with Crippen molar-refractivity contribution in [3.63, 3.8) is 0 Å². The van der Waals surface area contributed by atoms with Crippen molar-refractivity contribution in [2.24, 2.45) is 5.92 Å². The molecule has 1 fully saturated rings. The molecule has 0 radical (unpaired) electrons. The first-order chi connectivity index (χ1) is 12.5. The van der Waals surface area contributed by atoms with E-state index in [1.54, 1.807) is 12.1 Å². The van der Waals surface area contributed by atoms with Gasteiger partial charge in [0, 0.05) is 34.7 Å². The molecule has 1 saturated heterocycles. The lowest BCUT2D eigenvalue weighted by Crippen LogP contribution is -2.42. The Morgan fingerprint density at radius 3 is 2.65 bits per heavy atom. The van der Waals surface area contributed by atoms with E-state index in [1.165, 1.54) is 0 Å². The van der Waals surface area contributed by atoms with Crippen molar-refractivity contribution in [3.05, 3.63) is 68.7 Å². The predicted molar refractivity (Wildman–Crippen MR) is 108 cm³/mol. The van der Waals surface area contributed by atoms with Gasteiger partial charge in [0.2, 0.25) is 5.91 Å². The maximum absolute atomic E-state index is 12.6. The summed E-state index contributed by atoms with van der Waals surface area (Å²) in [6.45, 7) is 2.91. The summed E-state index contributed by atoms with van der Waals surface area (Å²) in [6.07, 6.45) is 1.91. The molecule has 1 N–H and O–H groups in total. The highest BCUT2D eigenvalue weighted by molar-refractivity contribution is 6.35. The fraction of sp³-hybridized carbons (Fsp3) is 0.350. The zero-order valence-corrected chi connectivity index (χ0v) is 16.6. The highest BCUT2D eigenvalue weighted by Gasteiger charge is 2.26. The first-order valence-corrected chi connectivity index (χ1v) is 9.83. The van der Waals surface area contributed by atoms with Crippen LogP contribution in [0.1, 0.15) is 24.0 Å². The van der Waals surface area contributed by atoms with E-state index in [2.05, 4.69) is 10.2 Å². The number of nitrogens with one attached hydrogen (secondary N) is 1. The van der Waals surface area contributed by atoms with Crippen molar-refractivity contribution < 1.29 is 4.79 Å². The molecule has 1 aliphatic heterocycles. The minimum Gasteiger partial charge on any atom is -0.352 e. The molecular formula is C20H21Cl3N2O. The lowest BCUT2D eigenvalue weighted by Gasteiger charge is -2.32. The molecule has 1 aliphatic rings. The lowest BCUT2D eigenvalue weighted by molar-refractivity contribution is -0.126. The van der Waals surface area contributed by atoms with Crippen molar-refractivity contribution in [1.82, 2.24) is 10.2 Å². The number of halogens is 3. The summed E-state index contributed by atoms with van der Waals surface area (Å²) in [6, 6.07) is 13.2. The Labute approximate surface area is 169 Å². The summed E-state index contributed by atoms with van der Waals surface area (Å²) in [4.78, 5) is 14.9. The normalized spacial score (nSPS) is 17.9. The average molecular weight is 412 g/mol. The largest absolute Gasteiger partial charge is 0.352 e. The standard InChI is InChI=1S/C20H21Cl3N2O/c21-17-8-7-14(19(23)10-17)11-24-20(26)16-5-3-9-25(13-16)12-15-4-1-2-6-18(15)22/h1-2,4,6-8,10,16H,3,5,9,11-13H2,(H,24,26). The van der Waals surface area contributed by atoms with Crippen LogP contribution in [0.5, 0.6) is 0 Å². The number of piperidine rings is 1.